The second kappa shape index (κ2) is 12.0. The van der Waals surface area contributed by atoms with Crippen molar-refractivity contribution in [1.29, 1.82) is 0 Å². The molecule has 1 atom stereocenters. The number of halogens is 7. The maximum atomic E-state index is 13.5. The van der Waals surface area contributed by atoms with Gasteiger partial charge in [-0.05, 0) is 78.9 Å². The first-order chi connectivity index (χ1) is 19.6. The lowest BCUT2D eigenvalue weighted by Gasteiger charge is -2.41. The lowest BCUT2D eigenvalue weighted by Crippen LogP contribution is -2.57. The number of alkyl halides is 6. The third-order valence-electron chi connectivity index (χ3n) is 7.22. The second-order valence-electron chi connectivity index (χ2n) is 10.2. The van der Waals surface area contributed by atoms with Gasteiger partial charge in [-0.2, -0.15) is 26.3 Å². The Hall–Kier alpha value is -4.15. The van der Waals surface area contributed by atoms with E-state index >= 15 is 0 Å². The number of piperazine rings is 1. The van der Waals surface area contributed by atoms with Crippen LogP contribution in [-0.4, -0.2) is 47.3 Å². The standard InChI is InChI=1S/C31H27F7N2O2/c1-19-3-4-22(13-20(19)2)14-27-18-39(28(41)10-7-21-5-8-26(32)9-6-21)11-12-40(27)29(42)23-15-24(30(33,34)35)17-25(16-23)31(36,37)38/h3-10,13,15-17,27H,11-12,14,18H2,1-2H3/t27-/m1/s1. The monoisotopic (exact) mass is 592 g/mol. The van der Waals surface area contributed by atoms with Crippen molar-refractivity contribution >= 4 is 17.9 Å². The Morgan fingerprint density at radius 1 is 0.833 bits per heavy atom. The molecular weight excluding hydrogens is 565 g/mol. The predicted octanol–water partition coefficient (Wildman–Crippen LogP) is 7.09. The van der Waals surface area contributed by atoms with Crippen molar-refractivity contribution in [2.24, 2.45) is 0 Å². The molecule has 0 aromatic heterocycles. The summed E-state index contributed by atoms with van der Waals surface area (Å²) in [4.78, 5) is 29.2. The van der Waals surface area contributed by atoms with Crippen LogP contribution in [0.25, 0.3) is 6.08 Å². The number of aryl methyl sites for hydroxylation is 2. The Kier molecular flexibility index (Phi) is 8.79. The summed E-state index contributed by atoms with van der Waals surface area (Å²) in [5, 5.41) is 0. The van der Waals surface area contributed by atoms with Crippen molar-refractivity contribution in [3.63, 3.8) is 0 Å². The smallest absolute Gasteiger partial charge is 0.335 e. The minimum Gasteiger partial charge on any atom is -0.335 e. The van der Waals surface area contributed by atoms with Crippen molar-refractivity contribution in [3.05, 3.63) is 112 Å². The fourth-order valence-corrected chi connectivity index (χ4v) is 4.79. The molecular formula is C31H27F7N2O2. The van der Waals surface area contributed by atoms with E-state index in [-0.39, 0.29) is 32.1 Å². The molecule has 4 rings (SSSR count). The highest BCUT2D eigenvalue weighted by atomic mass is 19.4. The fraction of sp³-hybridized carbons (Fsp3) is 0.290. The average molecular weight is 593 g/mol. The highest BCUT2D eigenvalue weighted by Gasteiger charge is 2.39. The molecule has 42 heavy (non-hydrogen) atoms. The molecule has 1 aliphatic heterocycles. The summed E-state index contributed by atoms with van der Waals surface area (Å²) < 4.78 is 94.0. The summed E-state index contributed by atoms with van der Waals surface area (Å²) in [7, 11) is 0. The zero-order valence-electron chi connectivity index (χ0n) is 22.7. The van der Waals surface area contributed by atoms with Crippen molar-refractivity contribution in [1.82, 2.24) is 9.80 Å². The summed E-state index contributed by atoms with van der Waals surface area (Å²) in [6.45, 7) is 3.69. The first-order valence-corrected chi connectivity index (χ1v) is 13.0. The summed E-state index contributed by atoms with van der Waals surface area (Å²) in [6, 6.07) is 11.1. The Morgan fingerprint density at radius 2 is 1.45 bits per heavy atom. The highest BCUT2D eigenvalue weighted by Crippen LogP contribution is 2.37. The Balaban J connectivity index is 1.65. The van der Waals surface area contributed by atoms with Gasteiger partial charge in [0.1, 0.15) is 5.82 Å². The van der Waals surface area contributed by atoms with Crippen molar-refractivity contribution in [2.45, 2.75) is 38.7 Å². The molecule has 0 bridgehead atoms. The van der Waals surface area contributed by atoms with Crippen LogP contribution < -0.4 is 0 Å². The van der Waals surface area contributed by atoms with Gasteiger partial charge in [0.15, 0.2) is 0 Å². The molecule has 4 nitrogen and oxygen atoms in total. The number of carbonyl (C=O) groups excluding carboxylic acids is 2. The summed E-state index contributed by atoms with van der Waals surface area (Å²) in [5.74, 6) is -1.83. The third kappa shape index (κ3) is 7.37. The van der Waals surface area contributed by atoms with Gasteiger partial charge in [0.05, 0.1) is 17.2 Å². The molecule has 1 fully saturated rings. The van der Waals surface area contributed by atoms with Crippen molar-refractivity contribution in [2.75, 3.05) is 19.6 Å². The first-order valence-electron chi connectivity index (χ1n) is 13.0. The maximum Gasteiger partial charge on any atom is 0.416 e. The average Bonchev–Trinajstić information content (AvgIpc) is 2.93. The summed E-state index contributed by atoms with van der Waals surface area (Å²) in [6.07, 6.45) is -7.20. The molecule has 1 saturated heterocycles. The van der Waals surface area contributed by atoms with Crippen LogP contribution in [0, 0.1) is 19.7 Å². The lowest BCUT2D eigenvalue weighted by atomic mass is 9.97. The van der Waals surface area contributed by atoms with Gasteiger partial charge in [-0.1, -0.05) is 30.3 Å². The van der Waals surface area contributed by atoms with Crippen LogP contribution >= 0.6 is 0 Å². The van der Waals surface area contributed by atoms with Crippen molar-refractivity contribution in [3.8, 4) is 0 Å². The summed E-state index contributed by atoms with van der Waals surface area (Å²) in [5.41, 5.74) is -0.548. The molecule has 0 N–H and O–H groups in total. The Labute approximate surface area is 238 Å². The Morgan fingerprint density at radius 3 is 2.02 bits per heavy atom. The van der Waals surface area contributed by atoms with E-state index in [1.165, 1.54) is 46.2 Å². The van der Waals surface area contributed by atoms with E-state index in [2.05, 4.69) is 0 Å². The minimum absolute atomic E-state index is 0.00363. The highest BCUT2D eigenvalue weighted by molar-refractivity contribution is 5.96. The SMILES string of the molecule is Cc1ccc(C[C@@H]2CN(C(=O)C=Cc3ccc(F)cc3)CCN2C(=O)c2cc(C(F)(F)F)cc(C(F)(F)F)c2)cc1C. The number of benzene rings is 3. The number of hydrogen-bond acceptors (Lipinski definition) is 2. The summed E-state index contributed by atoms with van der Waals surface area (Å²) >= 11 is 0. The van der Waals surface area contributed by atoms with Crippen LogP contribution in [0.5, 0.6) is 0 Å². The zero-order valence-corrected chi connectivity index (χ0v) is 22.7. The van der Waals surface area contributed by atoms with Gasteiger partial charge in [0.2, 0.25) is 5.91 Å². The topological polar surface area (TPSA) is 40.6 Å². The predicted molar refractivity (Wildman–Crippen MR) is 143 cm³/mol. The largest absolute Gasteiger partial charge is 0.416 e. The van der Waals surface area contributed by atoms with E-state index < -0.39 is 52.7 Å². The molecule has 1 heterocycles. The van der Waals surface area contributed by atoms with E-state index in [1.807, 2.05) is 32.0 Å². The van der Waals surface area contributed by atoms with E-state index in [0.717, 1.165) is 16.7 Å². The molecule has 11 heteroatoms. The van der Waals surface area contributed by atoms with Crippen molar-refractivity contribution < 1.29 is 40.3 Å². The van der Waals surface area contributed by atoms with Crippen LogP contribution in [0.1, 0.15) is 43.7 Å². The normalized spacial score (nSPS) is 16.3. The van der Waals surface area contributed by atoms with Gasteiger partial charge >= 0.3 is 12.4 Å². The number of hydrogen-bond donors (Lipinski definition) is 0. The minimum atomic E-state index is -5.10. The molecule has 222 valence electrons. The van der Waals surface area contributed by atoms with E-state index in [9.17, 15) is 40.3 Å². The molecule has 0 saturated carbocycles. The van der Waals surface area contributed by atoms with E-state index in [4.69, 9.17) is 0 Å². The van der Waals surface area contributed by atoms with Gasteiger partial charge in [0.25, 0.3) is 5.91 Å². The molecule has 3 aromatic rings. The molecule has 0 unspecified atom stereocenters. The lowest BCUT2D eigenvalue weighted by molar-refractivity contribution is -0.143. The van der Waals surface area contributed by atoms with Crippen LogP contribution in [0.3, 0.4) is 0 Å². The number of nitrogens with zero attached hydrogens (tertiary/aromatic N) is 2. The third-order valence-corrected chi connectivity index (χ3v) is 7.22. The van der Waals surface area contributed by atoms with Gasteiger partial charge in [-0.15, -0.1) is 0 Å². The molecule has 1 aliphatic rings. The van der Waals surface area contributed by atoms with Gasteiger partial charge in [-0.3, -0.25) is 9.59 Å². The second-order valence-corrected chi connectivity index (χ2v) is 10.2. The first kappa shape index (κ1) is 30.8. The molecule has 2 amide bonds. The number of amides is 2. The molecule has 0 aliphatic carbocycles. The zero-order chi connectivity index (χ0) is 30.8. The van der Waals surface area contributed by atoms with Gasteiger partial charge < -0.3 is 9.80 Å². The van der Waals surface area contributed by atoms with Crippen LogP contribution in [-0.2, 0) is 23.6 Å². The van der Waals surface area contributed by atoms with Crippen LogP contribution in [0.15, 0.2) is 66.7 Å². The van der Waals surface area contributed by atoms with E-state index in [0.29, 0.717) is 17.7 Å². The van der Waals surface area contributed by atoms with Crippen LogP contribution in [0.4, 0.5) is 30.7 Å². The van der Waals surface area contributed by atoms with Crippen LogP contribution in [0.2, 0.25) is 0 Å². The van der Waals surface area contributed by atoms with Gasteiger partial charge in [-0.25, -0.2) is 4.39 Å². The molecule has 0 spiro atoms. The molecule has 3 aromatic carbocycles. The number of carbonyl (C=O) groups is 2. The fourth-order valence-electron chi connectivity index (χ4n) is 4.79. The number of rotatable bonds is 5. The quantitative estimate of drug-likeness (QED) is 0.235. The maximum absolute atomic E-state index is 13.5. The van der Waals surface area contributed by atoms with E-state index in [1.54, 1.807) is 0 Å². The molecule has 0 radical (unpaired) electrons. The Bertz CT molecular complexity index is 1460. The van der Waals surface area contributed by atoms with Gasteiger partial charge in [0, 0.05) is 31.3 Å².